The van der Waals surface area contributed by atoms with Crippen LogP contribution in [0.5, 0.6) is 5.75 Å². The molecule has 1 aromatic rings. The van der Waals surface area contributed by atoms with Gasteiger partial charge in [0, 0.05) is 6.07 Å². The Bertz CT molecular complexity index is 348. The van der Waals surface area contributed by atoms with E-state index in [4.69, 9.17) is 5.11 Å². The molecule has 0 bridgehead atoms. The summed E-state index contributed by atoms with van der Waals surface area (Å²) in [6.07, 6.45) is 0. The lowest BCUT2D eigenvalue weighted by molar-refractivity contribution is 0.0600. The molecule has 0 amide bonds. The van der Waals surface area contributed by atoms with Crippen LogP contribution in [0.4, 0.5) is 5.69 Å². The minimum absolute atomic E-state index is 0.0135. The highest BCUT2D eigenvalue weighted by Crippen LogP contribution is 2.22. The number of phenols is 1. The first-order valence-electron chi connectivity index (χ1n) is 3.43. The molecule has 0 radical (unpaired) electrons. The standard InChI is InChI=1S/C8H7NO4/c1-13-8(11)5-2-6(9-12)4-7(10)3-5/h2-4,10H,1H3. The minimum atomic E-state index is -0.624. The number of hydrogen-bond donors (Lipinski definition) is 1. The predicted octanol–water partition coefficient (Wildman–Crippen LogP) is 1.58. The van der Waals surface area contributed by atoms with Gasteiger partial charge in [-0.1, -0.05) is 0 Å². The third kappa shape index (κ3) is 2.02. The Labute approximate surface area is 73.9 Å². The van der Waals surface area contributed by atoms with Crippen molar-refractivity contribution in [3.63, 3.8) is 0 Å². The van der Waals surface area contributed by atoms with E-state index < -0.39 is 5.97 Å². The van der Waals surface area contributed by atoms with Gasteiger partial charge in [-0.05, 0) is 17.3 Å². The Balaban J connectivity index is 3.15. The van der Waals surface area contributed by atoms with E-state index in [2.05, 4.69) is 9.91 Å². The van der Waals surface area contributed by atoms with Crippen LogP contribution in [0.2, 0.25) is 0 Å². The SMILES string of the molecule is COC(=O)c1cc(O)cc(N=O)c1. The van der Waals surface area contributed by atoms with E-state index in [0.29, 0.717) is 0 Å². The molecule has 0 atom stereocenters. The molecule has 0 saturated carbocycles. The molecule has 1 N–H and O–H groups in total. The van der Waals surface area contributed by atoms with Gasteiger partial charge in [0.15, 0.2) is 0 Å². The van der Waals surface area contributed by atoms with Crippen molar-refractivity contribution in [3.8, 4) is 5.75 Å². The van der Waals surface area contributed by atoms with Gasteiger partial charge in [0.2, 0.25) is 0 Å². The number of hydrogen-bond acceptors (Lipinski definition) is 5. The van der Waals surface area contributed by atoms with Crippen LogP contribution in [-0.2, 0) is 4.74 Å². The number of nitroso groups, excluding NO2 is 1. The number of methoxy groups -OCH3 is 1. The zero-order valence-corrected chi connectivity index (χ0v) is 6.85. The smallest absolute Gasteiger partial charge is 0.338 e. The number of phenolic OH excluding ortho intramolecular Hbond substituents is 1. The molecule has 13 heavy (non-hydrogen) atoms. The van der Waals surface area contributed by atoms with Gasteiger partial charge >= 0.3 is 5.97 Å². The number of esters is 1. The summed E-state index contributed by atoms with van der Waals surface area (Å²) in [5, 5.41) is 11.7. The van der Waals surface area contributed by atoms with E-state index in [-0.39, 0.29) is 17.0 Å². The maximum atomic E-state index is 11.0. The van der Waals surface area contributed by atoms with Gasteiger partial charge < -0.3 is 9.84 Å². The fourth-order valence-corrected chi connectivity index (χ4v) is 0.884. The first kappa shape index (κ1) is 9.18. The van der Waals surface area contributed by atoms with Gasteiger partial charge in [-0.15, -0.1) is 4.91 Å². The van der Waals surface area contributed by atoms with Crippen LogP contribution in [0.15, 0.2) is 23.4 Å². The number of benzene rings is 1. The Morgan fingerprint density at radius 3 is 2.69 bits per heavy atom. The Morgan fingerprint density at radius 1 is 1.46 bits per heavy atom. The molecule has 0 aromatic heterocycles. The first-order chi connectivity index (χ1) is 6.17. The Hall–Kier alpha value is -1.91. The minimum Gasteiger partial charge on any atom is -0.508 e. The van der Waals surface area contributed by atoms with Crippen molar-refractivity contribution in [2.24, 2.45) is 5.18 Å². The van der Waals surface area contributed by atoms with Gasteiger partial charge in [0.05, 0.1) is 12.7 Å². The lowest BCUT2D eigenvalue weighted by Gasteiger charge is -1.99. The van der Waals surface area contributed by atoms with Crippen LogP contribution in [0.1, 0.15) is 10.4 Å². The number of nitrogens with zero attached hydrogens (tertiary/aromatic N) is 1. The van der Waals surface area contributed by atoms with E-state index in [1.165, 1.54) is 19.2 Å². The second-order valence-corrected chi connectivity index (χ2v) is 2.32. The van der Waals surface area contributed by atoms with Crippen LogP contribution in [0.3, 0.4) is 0 Å². The second kappa shape index (κ2) is 3.66. The summed E-state index contributed by atoms with van der Waals surface area (Å²) in [5.74, 6) is -0.821. The van der Waals surface area contributed by atoms with Crippen molar-refractivity contribution >= 4 is 11.7 Å². The summed E-state index contributed by atoms with van der Waals surface area (Å²) in [5.41, 5.74) is 0.0810. The summed E-state index contributed by atoms with van der Waals surface area (Å²) in [4.78, 5) is 21.1. The maximum absolute atomic E-state index is 11.0. The highest BCUT2D eigenvalue weighted by atomic mass is 16.5. The van der Waals surface area contributed by atoms with Crippen LogP contribution in [0, 0.1) is 4.91 Å². The monoisotopic (exact) mass is 181 g/mol. The highest BCUT2D eigenvalue weighted by Gasteiger charge is 2.08. The van der Waals surface area contributed by atoms with E-state index in [9.17, 15) is 9.70 Å². The molecule has 5 heteroatoms. The molecule has 0 saturated heterocycles. The number of carbonyl (C=O) groups excluding carboxylic acids is 1. The summed E-state index contributed by atoms with van der Waals surface area (Å²) in [6.45, 7) is 0. The molecule has 0 unspecified atom stereocenters. The fourth-order valence-electron chi connectivity index (χ4n) is 0.884. The number of aromatic hydroxyl groups is 1. The van der Waals surface area contributed by atoms with E-state index in [1.54, 1.807) is 0 Å². The number of rotatable bonds is 2. The highest BCUT2D eigenvalue weighted by molar-refractivity contribution is 5.90. The molecule has 68 valence electrons. The molecule has 0 spiro atoms. The van der Waals surface area contributed by atoms with Crippen molar-refractivity contribution < 1.29 is 14.6 Å². The third-order valence-electron chi connectivity index (χ3n) is 1.43. The van der Waals surface area contributed by atoms with Crippen molar-refractivity contribution in [2.45, 2.75) is 0 Å². The molecule has 0 aliphatic heterocycles. The van der Waals surface area contributed by atoms with E-state index in [0.717, 1.165) is 6.07 Å². The number of ether oxygens (including phenoxy) is 1. The number of carbonyl (C=O) groups is 1. The molecule has 1 aromatic carbocycles. The zero-order valence-electron chi connectivity index (χ0n) is 6.85. The van der Waals surface area contributed by atoms with E-state index in [1.807, 2.05) is 0 Å². The van der Waals surface area contributed by atoms with Crippen LogP contribution >= 0.6 is 0 Å². The predicted molar refractivity (Wildman–Crippen MR) is 44.9 cm³/mol. The molecule has 0 heterocycles. The molecule has 5 nitrogen and oxygen atoms in total. The van der Waals surface area contributed by atoms with Crippen LogP contribution < -0.4 is 0 Å². The summed E-state index contributed by atoms with van der Waals surface area (Å²) in [7, 11) is 1.21. The Kier molecular flexibility index (Phi) is 2.59. The van der Waals surface area contributed by atoms with Gasteiger partial charge in [-0.2, -0.15) is 0 Å². The quantitative estimate of drug-likeness (QED) is 0.555. The van der Waals surface area contributed by atoms with E-state index >= 15 is 0 Å². The molecular weight excluding hydrogens is 174 g/mol. The molecule has 0 fully saturated rings. The summed E-state index contributed by atoms with van der Waals surface area (Å²) < 4.78 is 4.40. The molecule has 0 aliphatic carbocycles. The largest absolute Gasteiger partial charge is 0.508 e. The van der Waals surface area contributed by atoms with Crippen LogP contribution in [-0.4, -0.2) is 18.2 Å². The normalized spacial score (nSPS) is 9.31. The molecule has 0 aliphatic rings. The topological polar surface area (TPSA) is 76.0 Å². The second-order valence-electron chi connectivity index (χ2n) is 2.32. The first-order valence-corrected chi connectivity index (χ1v) is 3.43. The summed E-state index contributed by atoms with van der Waals surface area (Å²) in [6, 6.07) is 3.58. The maximum Gasteiger partial charge on any atom is 0.338 e. The average Bonchev–Trinajstić information content (AvgIpc) is 2.15. The van der Waals surface area contributed by atoms with Crippen molar-refractivity contribution in [3.05, 3.63) is 28.7 Å². The third-order valence-corrected chi connectivity index (χ3v) is 1.43. The fraction of sp³-hybridized carbons (Fsp3) is 0.125. The lowest BCUT2D eigenvalue weighted by Crippen LogP contribution is -2.00. The van der Waals surface area contributed by atoms with Gasteiger partial charge in [0.1, 0.15) is 11.4 Å². The van der Waals surface area contributed by atoms with Gasteiger partial charge in [0.25, 0.3) is 0 Å². The van der Waals surface area contributed by atoms with Crippen molar-refractivity contribution in [2.75, 3.05) is 7.11 Å². The summed E-state index contributed by atoms with van der Waals surface area (Å²) >= 11 is 0. The van der Waals surface area contributed by atoms with Crippen molar-refractivity contribution in [1.29, 1.82) is 0 Å². The molecule has 1 rings (SSSR count). The van der Waals surface area contributed by atoms with Crippen LogP contribution in [0.25, 0.3) is 0 Å². The Morgan fingerprint density at radius 2 is 2.15 bits per heavy atom. The average molecular weight is 181 g/mol. The van der Waals surface area contributed by atoms with Gasteiger partial charge in [-0.3, -0.25) is 0 Å². The molecular formula is C8H7NO4. The van der Waals surface area contributed by atoms with Gasteiger partial charge in [-0.25, -0.2) is 4.79 Å². The van der Waals surface area contributed by atoms with Crippen molar-refractivity contribution in [1.82, 2.24) is 0 Å². The lowest BCUT2D eigenvalue weighted by atomic mass is 10.2. The zero-order chi connectivity index (χ0) is 9.84.